The van der Waals surface area contributed by atoms with Gasteiger partial charge in [0.1, 0.15) is 6.29 Å². The van der Waals surface area contributed by atoms with Crippen molar-refractivity contribution in [3.8, 4) is 0 Å². The quantitative estimate of drug-likeness (QED) is 0.565. The van der Waals surface area contributed by atoms with Gasteiger partial charge in [0.2, 0.25) is 0 Å². The van der Waals surface area contributed by atoms with Crippen molar-refractivity contribution in [3.05, 3.63) is 24.3 Å². The summed E-state index contributed by atoms with van der Waals surface area (Å²) >= 11 is 0. The molecule has 0 saturated heterocycles. The molecule has 0 N–H and O–H groups in total. The first-order chi connectivity index (χ1) is 5.43. The summed E-state index contributed by atoms with van der Waals surface area (Å²) in [5, 5.41) is 0. The van der Waals surface area contributed by atoms with E-state index in [0.717, 1.165) is 19.1 Å². The van der Waals surface area contributed by atoms with Crippen LogP contribution in [0.3, 0.4) is 0 Å². The number of hydrogen-bond donors (Lipinski definition) is 0. The number of allylic oxidation sites excluding steroid dienone is 4. The Kier molecular flexibility index (Phi) is 3.67. The van der Waals surface area contributed by atoms with Gasteiger partial charge in [-0.25, -0.2) is 0 Å². The largest absolute Gasteiger partial charge is 0.303 e. The number of carbonyl (C=O) groups is 1. The molecule has 0 aromatic rings. The Morgan fingerprint density at radius 2 is 2.36 bits per heavy atom. The highest BCUT2D eigenvalue weighted by Crippen LogP contribution is 2.17. The summed E-state index contributed by atoms with van der Waals surface area (Å²) < 4.78 is 0. The summed E-state index contributed by atoms with van der Waals surface area (Å²) in [6, 6.07) is 0. The van der Waals surface area contributed by atoms with E-state index in [4.69, 9.17) is 0 Å². The molecule has 1 unspecified atom stereocenters. The van der Waals surface area contributed by atoms with Crippen LogP contribution < -0.4 is 0 Å². The summed E-state index contributed by atoms with van der Waals surface area (Å²) in [4.78, 5) is 10.1. The highest BCUT2D eigenvalue weighted by atomic mass is 16.1. The standard InChI is InChI=1S/C10H14O/c11-9-5-8-10-6-3-1-2-4-7-10/h1-3,6,9-10H,4-5,7-8H2. The van der Waals surface area contributed by atoms with Gasteiger partial charge >= 0.3 is 0 Å². The van der Waals surface area contributed by atoms with Crippen molar-refractivity contribution in [2.75, 3.05) is 0 Å². The molecule has 0 radical (unpaired) electrons. The molecule has 0 saturated carbocycles. The first-order valence-corrected chi connectivity index (χ1v) is 4.20. The lowest BCUT2D eigenvalue weighted by atomic mass is 9.99. The molecule has 60 valence electrons. The fourth-order valence-electron chi connectivity index (χ4n) is 1.33. The monoisotopic (exact) mass is 150 g/mol. The van der Waals surface area contributed by atoms with E-state index in [2.05, 4.69) is 24.3 Å². The summed E-state index contributed by atoms with van der Waals surface area (Å²) in [7, 11) is 0. The Morgan fingerprint density at radius 1 is 1.45 bits per heavy atom. The van der Waals surface area contributed by atoms with Crippen LogP contribution in [-0.4, -0.2) is 6.29 Å². The van der Waals surface area contributed by atoms with Crippen LogP contribution >= 0.6 is 0 Å². The van der Waals surface area contributed by atoms with Gasteiger partial charge < -0.3 is 4.79 Å². The SMILES string of the molecule is O=CCCC1C=CC=CCC1. The molecule has 1 nitrogen and oxygen atoms in total. The summed E-state index contributed by atoms with van der Waals surface area (Å²) in [6.45, 7) is 0. The van der Waals surface area contributed by atoms with Gasteiger partial charge in [-0.3, -0.25) is 0 Å². The van der Waals surface area contributed by atoms with Crippen molar-refractivity contribution < 1.29 is 4.79 Å². The molecule has 11 heavy (non-hydrogen) atoms. The second-order valence-electron chi connectivity index (χ2n) is 2.89. The molecule has 0 aliphatic heterocycles. The first kappa shape index (κ1) is 8.25. The normalized spacial score (nSPS) is 23.1. The molecular weight excluding hydrogens is 136 g/mol. The highest BCUT2D eigenvalue weighted by Gasteiger charge is 2.03. The van der Waals surface area contributed by atoms with Crippen LogP contribution in [0.5, 0.6) is 0 Å². The Hall–Kier alpha value is -0.850. The average molecular weight is 150 g/mol. The van der Waals surface area contributed by atoms with E-state index in [1.165, 1.54) is 6.42 Å². The fourth-order valence-corrected chi connectivity index (χ4v) is 1.33. The molecule has 0 fully saturated rings. The Morgan fingerprint density at radius 3 is 3.18 bits per heavy atom. The minimum atomic E-state index is 0.621. The van der Waals surface area contributed by atoms with Crippen molar-refractivity contribution in [2.24, 2.45) is 5.92 Å². The number of rotatable bonds is 3. The molecule has 1 aliphatic rings. The lowest BCUT2D eigenvalue weighted by Gasteiger charge is -2.06. The highest BCUT2D eigenvalue weighted by molar-refractivity contribution is 5.49. The predicted octanol–water partition coefficient (Wildman–Crippen LogP) is 2.49. The van der Waals surface area contributed by atoms with Gasteiger partial charge in [-0.05, 0) is 25.2 Å². The number of aldehydes is 1. The summed E-state index contributed by atoms with van der Waals surface area (Å²) in [5.41, 5.74) is 0. The van der Waals surface area contributed by atoms with E-state index in [0.29, 0.717) is 12.3 Å². The van der Waals surface area contributed by atoms with Crippen molar-refractivity contribution >= 4 is 6.29 Å². The van der Waals surface area contributed by atoms with Crippen LogP contribution in [-0.2, 0) is 4.79 Å². The van der Waals surface area contributed by atoms with Gasteiger partial charge in [-0.2, -0.15) is 0 Å². The Balaban J connectivity index is 2.28. The topological polar surface area (TPSA) is 17.1 Å². The lowest BCUT2D eigenvalue weighted by Crippen LogP contribution is -1.95. The maximum absolute atomic E-state index is 10.1. The lowest BCUT2D eigenvalue weighted by molar-refractivity contribution is -0.108. The van der Waals surface area contributed by atoms with Crippen molar-refractivity contribution in [2.45, 2.75) is 25.7 Å². The minimum Gasteiger partial charge on any atom is -0.303 e. The third-order valence-corrected chi connectivity index (χ3v) is 1.99. The van der Waals surface area contributed by atoms with Crippen LogP contribution in [0.15, 0.2) is 24.3 Å². The Labute approximate surface area is 67.8 Å². The molecule has 0 amide bonds. The maximum Gasteiger partial charge on any atom is 0.120 e. The van der Waals surface area contributed by atoms with Gasteiger partial charge in [-0.1, -0.05) is 24.3 Å². The Bertz CT molecular complexity index is 168. The van der Waals surface area contributed by atoms with Crippen molar-refractivity contribution in [1.82, 2.24) is 0 Å². The van der Waals surface area contributed by atoms with E-state index in [9.17, 15) is 4.79 Å². The molecule has 1 rings (SSSR count). The van der Waals surface area contributed by atoms with E-state index < -0.39 is 0 Å². The zero-order valence-electron chi connectivity index (χ0n) is 6.70. The molecule has 1 atom stereocenters. The van der Waals surface area contributed by atoms with Crippen LogP contribution in [0.25, 0.3) is 0 Å². The molecule has 1 aliphatic carbocycles. The van der Waals surface area contributed by atoms with E-state index in [1.54, 1.807) is 0 Å². The smallest absolute Gasteiger partial charge is 0.120 e. The third kappa shape index (κ3) is 3.17. The number of hydrogen-bond acceptors (Lipinski definition) is 1. The molecule has 0 heterocycles. The minimum absolute atomic E-state index is 0.621. The molecule has 0 spiro atoms. The third-order valence-electron chi connectivity index (χ3n) is 1.99. The van der Waals surface area contributed by atoms with Crippen LogP contribution in [0, 0.1) is 5.92 Å². The van der Waals surface area contributed by atoms with Gasteiger partial charge in [0, 0.05) is 6.42 Å². The predicted molar refractivity (Wildman–Crippen MR) is 46.3 cm³/mol. The zero-order chi connectivity index (χ0) is 7.94. The maximum atomic E-state index is 10.1. The van der Waals surface area contributed by atoms with Gasteiger partial charge in [0.15, 0.2) is 0 Å². The van der Waals surface area contributed by atoms with E-state index in [-0.39, 0.29) is 0 Å². The zero-order valence-corrected chi connectivity index (χ0v) is 6.70. The van der Waals surface area contributed by atoms with Crippen molar-refractivity contribution in [1.29, 1.82) is 0 Å². The molecule has 0 aromatic carbocycles. The molecule has 1 heteroatoms. The fraction of sp³-hybridized carbons (Fsp3) is 0.500. The van der Waals surface area contributed by atoms with E-state index >= 15 is 0 Å². The van der Waals surface area contributed by atoms with Gasteiger partial charge in [0.05, 0.1) is 0 Å². The van der Waals surface area contributed by atoms with Crippen LogP contribution in [0.1, 0.15) is 25.7 Å². The second kappa shape index (κ2) is 4.89. The molecule has 0 bridgehead atoms. The second-order valence-corrected chi connectivity index (χ2v) is 2.89. The number of carbonyl (C=O) groups excluding carboxylic acids is 1. The average Bonchev–Trinajstić information content (AvgIpc) is 2.28. The van der Waals surface area contributed by atoms with Gasteiger partial charge in [-0.15, -0.1) is 0 Å². The van der Waals surface area contributed by atoms with Gasteiger partial charge in [0.25, 0.3) is 0 Å². The first-order valence-electron chi connectivity index (χ1n) is 4.20. The molecular formula is C10H14O. The molecule has 0 aromatic heterocycles. The van der Waals surface area contributed by atoms with Crippen molar-refractivity contribution in [3.63, 3.8) is 0 Å². The summed E-state index contributed by atoms with van der Waals surface area (Å²) in [5.74, 6) is 0.621. The van der Waals surface area contributed by atoms with E-state index in [1.807, 2.05) is 0 Å². The van der Waals surface area contributed by atoms with Crippen LogP contribution in [0.4, 0.5) is 0 Å². The van der Waals surface area contributed by atoms with Crippen LogP contribution in [0.2, 0.25) is 0 Å². The summed E-state index contributed by atoms with van der Waals surface area (Å²) in [6.07, 6.45) is 13.6.